The van der Waals surface area contributed by atoms with Gasteiger partial charge in [-0.15, -0.1) is 0 Å². The minimum Gasteiger partial charge on any atom is -0.508 e. The number of nitrogens with one attached hydrogen (secondary N) is 1. The Labute approximate surface area is 191 Å². The Morgan fingerprint density at radius 3 is 2.25 bits per heavy atom. The van der Waals surface area contributed by atoms with Gasteiger partial charge in [0.05, 0.1) is 0 Å². The molecular weight excluding hydrogens is 425 g/mol. The van der Waals surface area contributed by atoms with Crippen molar-refractivity contribution in [3.05, 3.63) is 59.7 Å². The predicted molar refractivity (Wildman–Crippen MR) is 128 cm³/mol. The number of aromatic hydroxyl groups is 1. The highest BCUT2D eigenvalue weighted by Gasteiger charge is 2.31. The third kappa shape index (κ3) is 8.25. The molecule has 1 aliphatic rings. The van der Waals surface area contributed by atoms with Gasteiger partial charge < -0.3 is 25.2 Å². The summed E-state index contributed by atoms with van der Waals surface area (Å²) in [5.41, 5.74) is 2.30. The van der Waals surface area contributed by atoms with E-state index in [0.717, 1.165) is 44.2 Å². The van der Waals surface area contributed by atoms with E-state index < -0.39 is 13.5 Å². The average Bonchev–Trinajstić information content (AvgIpc) is 2.81. The smallest absolute Gasteiger partial charge is 0.203 e. The molecule has 3 rings (SSSR count). The van der Waals surface area contributed by atoms with Crippen LogP contribution in [0, 0.1) is 0 Å². The van der Waals surface area contributed by atoms with E-state index >= 15 is 0 Å². The van der Waals surface area contributed by atoms with E-state index in [0.29, 0.717) is 24.9 Å². The lowest BCUT2D eigenvalue weighted by Crippen LogP contribution is -2.32. The van der Waals surface area contributed by atoms with Crippen LogP contribution in [0.15, 0.2) is 48.5 Å². The first kappa shape index (κ1) is 24.8. The summed E-state index contributed by atoms with van der Waals surface area (Å²) in [6.45, 7) is 1.36. The number of hydrogen-bond donors (Lipinski definition) is 4. The molecular formula is C25H36NO5P. The minimum atomic E-state index is -3.06. The van der Waals surface area contributed by atoms with Gasteiger partial charge in [-0.25, -0.2) is 0 Å². The molecule has 0 radical (unpaired) electrons. The maximum Gasteiger partial charge on any atom is 0.203 e. The van der Waals surface area contributed by atoms with Crippen LogP contribution in [-0.2, 0) is 17.4 Å². The van der Waals surface area contributed by atoms with E-state index in [4.69, 9.17) is 4.74 Å². The second-order valence-corrected chi connectivity index (χ2v) is 11.4. The monoisotopic (exact) mass is 461 g/mol. The molecule has 1 unspecified atom stereocenters. The topological polar surface area (TPSA) is 99.0 Å². The van der Waals surface area contributed by atoms with Crippen molar-refractivity contribution in [3.8, 4) is 11.5 Å². The van der Waals surface area contributed by atoms with Crippen molar-refractivity contribution in [2.24, 2.45) is 0 Å². The first-order valence-corrected chi connectivity index (χ1v) is 13.5. The standard InChI is InChI=1S/C25H36NO5P/c27-22-10-12-24(13-11-22)31-19-23(28)18-26-16-14-20-6-8-21(9-7-20)15-17-32(29,30)25-4-2-1-3-5-25/h6-13,23,25-28H,1-5,14-19H2,(H,29,30)/t23-/m0/s1. The summed E-state index contributed by atoms with van der Waals surface area (Å²) >= 11 is 0. The number of rotatable bonds is 12. The summed E-state index contributed by atoms with van der Waals surface area (Å²) in [6.07, 6.45) is 6.41. The van der Waals surface area contributed by atoms with Gasteiger partial charge in [0.15, 0.2) is 0 Å². The molecule has 2 aromatic carbocycles. The summed E-state index contributed by atoms with van der Waals surface area (Å²) in [6, 6.07) is 14.7. The molecule has 0 heterocycles. The lowest BCUT2D eigenvalue weighted by atomic mass is 10.0. The molecule has 1 fully saturated rings. The van der Waals surface area contributed by atoms with Crippen LogP contribution < -0.4 is 10.1 Å². The van der Waals surface area contributed by atoms with Crippen LogP contribution in [0.25, 0.3) is 0 Å². The van der Waals surface area contributed by atoms with Crippen molar-refractivity contribution < 1.29 is 24.4 Å². The Hall–Kier alpha value is -1.85. The van der Waals surface area contributed by atoms with Gasteiger partial charge in [0.25, 0.3) is 0 Å². The predicted octanol–water partition coefficient (Wildman–Crippen LogP) is 4.11. The van der Waals surface area contributed by atoms with Crippen LogP contribution in [-0.4, -0.2) is 52.7 Å². The molecule has 32 heavy (non-hydrogen) atoms. The van der Waals surface area contributed by atoms with Crippen molar-refractivity contribution in [1.29, 1.82) is 0 Å². The Balaban J connectivity index is 1.31. The zero-order valence-corrected chi connectivity index (χ0v) is 19.6. The molecule has 7 heteroatoms. The number of benzene rings is 2. The van der Waals surface area contributed by atoms with E-state index in [1.54, 1.807) is 24.3 Å². The number of aryl methyl sites for hydroxylation is 1. The quantitative estimate of drug-likeness (QED) is 0.281. The second kappa shape index (κ2) is 12.4. The van der Waals surface area contributed by atoms with Gasteiger partial charge in [-0.05, 0) is 67.6 Å². The van der Waals surface area contributed by atoms with Gasteiger partial charge >= 0.3 is 0 Å². The Bertz CT molecular complexity index is 850. The zero-order chi connectivity index (χ0) is 22.8. The fourth-order valence-corrected chi connectivity index (χ4v) is 6.24. The number of phenols is 1. The first-order chi connectivity index (χ1) is 15.4. The van der Waals surface area contributed by atoms with Crippen molar-refractivity contribution >= 4 is 7.37 Å². The fourth-order valence-electron chi connectivity index (χ4n) is 4.12. The third-order valence-corrected chi connectivity index (χ3v) is 8.66. The lowest BCUT2D eigenvalue weighted by Gasteiger charge is -2.26. The lowest BCUT2D eigenvalue weighted by molar-refractivity contribution is 0.106. The van der Waals surface area contributed by atoms with Crippen LogP contribution in [0.4, 0.5) is 0 Å². The van der Waals surface area contributed by atoms with Crippen LogP contribution in [0.1, 0.15) is 43.2 Å². The van der Waals surface area contributed by atoms with Gasteiger partial charge in [-0.3, -0.25) is 4.57 Å². The zero-order valence-electron chi connectivity index (χ0n) is 18.7. The van der Waals surface area contributed by atoms with E-state index in [9.17, 15) is 19.7 Å². The molecule has 4 N–H and O–H groups in total. The Morgan fingerprint density at radius 1 is 0.969 bits per heavy atom. The molecule has 176 valence electrons. The third-order valence-electron chi connectivity index (χ3n) is 6.14. The van der Waals surface area contributed by atoms with Gasteiger partial charge in [0, 0.05) is 18.4 Å². The normalized spacial score (nSPS) is 17.6. The van der Waals surface area contributed by atoms with Crippen LogP contribution >= 0.6 is 7.37 Å². The van der Waals surface area contributed by atoms with Crippen LogP contribution in [0.3, 0.4) is 0 Å². The number of aliphatic hydroxyl groups is 1. The maximum absolute atomic E-state index is 12.7. The largest absolute Gasteiger partial charge is 0.508 e. The summed E-state index contributed by atoms with van der Waals surface area (Å²) < 4.78 is 18.2. The minimum absolute atomic E-state index is 0.00318. The Morgan fingerprint density at radius 2 is 1.59 bits per heavy atom. The van der Waals surface area contributed by atoms with Crippen molar-refractivity contribution in [1.82, 2.24) is 5.32 Å². The molecule has 0 spiro atoms. The molecule has 1 aliphatic carbocycles. The molecule has 6 nitrogen and oxygen atoms in total. The van der Waals surface area contributed by atoms with Crippen molar-refractivity contribution in [2.45, 2.75) is 56.7 Å². The maximum atomic E-state index is 12.7. The molecule has 0 saturated heterocycles. The molecule has 0 amide bonds. The van der Waals surface area contributed by atoms with E-state index in [-0.39, 0.29) is 18.0 Å². The molecule has 0 aliphatic heterocycles. The Kier molecular flexibility index (Phi) is 9.61. The summed E-state index contributed by atoms with van der Waals surface area (Å²) in [5.74, 6) is 0.790. The van der Waals surface area contributed by atoms with E-state index in [2.05, 4.69) is 29.6 Å². The summed E-state index contributed by atoms with van der Waals surface area (Å²) in [5, 5.41) is 22.5. The van der Waals surface area contributed by atoms with Gasteiger partial charge in [0.1, 0.15) is 24.2 Å². The van der Waals surface area contributed by atoms with E-state index in [1.165, 1.54) is 12.0 Å². The van der Waals surface area contributed by atoms with E-state index in [1.807, 2.05) is 0 Å². The van der Waals surface area contributed by atoms with Gasteiger partial charge in [-0.1, -0.05) is 43.5 Å². The summed E-state index contributed by atoms with van der Waals surface area (Å²) in [4.78, 5) is 10.5. The molecule has 0 bridgehead atoms. The number of phenolic OH excluding ortho intramolecular Hbond substituents is 1. The number of ether oxygens (including phenoxy) is 1. The molecule has 2 atom stereocenters. The SMILES string of the molecule is O=P(O)(CCc1ccc(CCNC[C@H](O)COc2ccc(O)cc2)cc1)C1CCCCC1. The second-order valence-electron chi connectivity index (χ2n) is 8.75. The molecule has 1 saturated carbocycles. The number of aliphatic hydroxyl groups excluding tert-OH is 1. The molecule has 2 aromatic rings. The first-order valence-electron chi connectivity index (χ1n) is 11.6. The highest BCUT2D eigenvalue weighted by atomic mass is 31.2. The van der Waals surface area contributed by atoms with Crippen molar-refractivity contribution in [3.63, 3.8) is 0 Å². The summed E-state index contributed by atoms with van der Waals surface area (Å²) in [7, 11) is -3.06. The van der Waals surface area contributed by atoms with Gasteiger partial charge in [0.2, 0.25) is 7.37 Å². The van der Waals surface area contributed by atoms with Gasteiger partial charge in [-0.2, -0.15) is 0 Å². The van der Waals surface area contributed by atoms with Crippen molar-refractivity contribution in [2.75, 3.05) is 25.9 Å². The number of hydrogen-bond acceptors (Lipinski definition) is 5. The molecule has 0 aromatic heterocycles. The fraction of sp³-hybridized carbons (Fsp3) is 0.520. The average molecular weight is 462 g/mol. The van der Waals surface area contributed by atoms with Crippen LogP contribution in [0.5, 0.6) is 11.5 Å². The highest BCUT2D eigenvalue weighted by Crippen LogP contribution is 2.52. The van der Waals surface area contributed by atoms with Crippen LogP contribution in [0.2, 0.25) is 0 Å². The highest BCUT2D eigenvalue weighted by molar-refractivity contribution is 7.58.